The first-order chi connectivity index (χ1) is 11.6. The Hall–Kier alpha value is -2.40. The lowest BCUT2D eigenvalue weighted by Crippen LogP contribution is -2.12. The van der Waals surface area contributed by atoms with Gasteiger partial charge in [0.15, 0.2) is 11.5 Å². The second kappa shape index (κ2) is 8.45. The molecule has 128 valence electrons. The third-order valence-electron chi connectivity index (χ3n) is 3.54. The van der Waals surface area contributed by atoms with Gasteiger partial charge < -0.3 is 19.5 Å². The van der Waals surface area contributed by atoms with Crippen LogP contribution in [0.25, 0.3) is 0 Å². The molecular weight excluding hydrogens is 330 g/mol. The molecule has 0 aromatic heterocycles. The van der Waals surface area contributed by atoms with Gasteiger partial charge in [-0.3, -0.25) is 4.79 Å². The maximum atomic E-state index is 12.1. The Bertz CT molecular complexity index is 718. The highest BCUT2D eigenvalue weighted by Crippen LogP contribution is 2.31. The maximum absolute atomic E-state index is 12.1. The molecule has 0 radical (unpaired) electrons. The van der Waals surface area contributed by atoms with Gasteiger partial charge in [0.1, 0.15) is 5.75 Å². The standard InChI is InChI=1S/C18H20ClNO4/c1-22-15-9-8-13(11-14(15)19)20-17(21)10-7-12-5-4-6-16(23-2)18(12)24-3/h4-6,8-9,11H,7,10H2,1-3H3,(H,20,21). The molecule has 1 N–H and O–H groups in total. The monoisotopic (exact) mass is 349 g/mol. The van der Waals surface area contributed by atoms with Crippen LogP contribution >= 0.6 is 11.6 Å². The van der Waals surface area contributed by atoms with Crippen molar-refractivity contribution >= 4 is 23.2 Å². The second-order valence-corrected chi connectivity index (χ2v) is 5.46. The highest BCUT2D eigenvalue weighted by molar-refractivity contribution is 6.32. The summed E-state index contributed by atoms with van der Waals surface area (Å²) in [6, 6.07) is 10.7. The normalized spacial score (nSPS) is 10.2. The molecule has 0 atom stereocenters. The van der Waals surface area contributed by atoms with Gasteiger partial charge in [-0.05, 0) is 36.2 Å². The summed E-state index contributed by atoms with van der Waals surface area (Å²) in [6.07, 6.45) is 0.850. The van der Waals surface area contributed by atoms with Gasteiger partial charge in [0, 0.05) is 12.1 Å². The number of amides is 1. The number of hydrogen-bond acceptors (Lipinski definition) is 4. The lowest BCUT2D eigenvalue weighted by molar-refractivity contribution is -0.116. The molecule has 2 rings (SSSR count). The number of rotatable bonds is 7. The quantitative estimate of drug-likeness (QED) is 0.822. The molecule has 6 heteroatoms. The first-order valence-corrected chi connectivity index (χ1v) is 7.80. The average Bonchev–Trinajstić information content (AvgIpc) is 2.59. The summed E-state index contributed by atoms with van der Waals surface area (Å²) in [5, 5.41) is 3.27. The van der Waals surface area contributed by atoms with Crippen molar-refractivity contribution in [3.8, 4) is 17.2 Å². The number of aryl methyl sites for hydroxylation is 1. The molecule has 2 aromatic rings. The first-order valence-electron chi connectivity index (χ1n) is 7.42. The van der Waals surface area contributed by atoms with Gasteiger partial charge in [0.2, 0.25) is 5.91 Å². The van der Waals surface area contributed by atoms with Crippen LogP contribution in [0.2, 0.25) is 5.02 Å². The Morgan fingerprint density at radius 3 is 2.42 bits per heavy atom. The van der Waals surface area contributed by atoms with E-state index < -0.39 is 0 Å². The fourth-order valence-electron chi connectivity index (χ4n) is 2.37. The molecule has 0 bridgehead atoms. The van der Waals surface area contributed by atoms with Crippen LogP contribution in [-0.2, 0) is 11.2 Å². The van der Waals surface area contributed by atoms with E-state index in [4.69, 9.17) is 25.8 Å². The summed E-state index contributed by atoms with van der Waals surface area (Å²) < 4.78 is 15.7. The summed E-state index contributed by atoms with van der Waals surface area (Å²) in [6.45, 7) is 0. The molecule has 2 aromatic carbocycles. The zero-order chi connectivity index (χ0) is 17.5. The van der Waals surface area contributed by atoms with Gasteiger partial charge in [-0.2, -0.15) is 0 Å². The molecule has 0 unspecified atom stereocenters. The van der Waals surface area contributed by atoms with E-state index in [2.05, 4.69) is 5.32 Å². The minimum atomic E-state index is -0.110. The number of methoxy groups -OCH3 is 3. The van der Waals surface area contributed by atoms with Gasteiger partial charge in [0.25, 0.3) is 0 Å². The van der Waals surface area contributed by atoms with Crippen LogP contribution in [0.1, 0.15) is 12.0 Å². The largest absolute Gasteiger partial charge is 0.495 e. The third kappa shape index (κ3) is 4.32. The van der Waals surface area contributed by atoms with Gasteiger partial charge >= 0.3 is 0 Å². The van der Waals surface area contributed by atoms with Crippen molar-refractivity contribution in [1.82, 2.24) is 0 Å². The number of carbonyl (C=O) groups is 1. The highest BCUT2D eigenvalue weighted by Gasteiger charge is 2.12. The molecular formula is C18H20ClNO4. The summed E-state index contributed by atoms with van der Waals surface area (Å²) in [5.74, 6) is 1.76. The highest BCUT2D eigenvalue weighted by atomic mass is 35.5. The zero-order valence-electron chi connectivity index (χ0n) is 13.9. The molecule has 1 amide bonds. The number of para-hydroxylation sites is 1. The summed E-state index contributed by atoms with van der Waals surface area (Å²) in [4.78, 5) is 12.1. The number of benzene rings is 2. The summed E-state index contributed by atoms with van der Waals surface area (Å²) in [7, 11) is 4.71. The predicted octanol–water partition coefficient (Wildman–Crippen LogP) is 3.94. The molecule has 0 saturated carbocycles. The van der Waals surface area contributed by atoms with Crippen LogP contribution in [0.15, 0.2) is 36.4 Å². The topological polar surface area (TPSA) is 56.8 Å². The van der Waals surface area contributed by atoms with Crippen LogP contribution < -0.4 is 19.5 Å². The van der Waals surface area contributed by atoms with Crippen LogP contribution in [0.4, 0.5) is 5.69 Å². The van der Waals surface area contributed by atoms with E-state index in [1.165, 1.54) is 0 Å². The minimum absolute atomic E-state index is 0.110. The fraction of sp³-hybridized carbons (Fsp3) is 0.278. The minimum Gasteiger partial charge on any atom is -0.495 e. The number of anilines is 1. The van der Waals surface area contributed by atoms with E-state index in [0.717, 1.165) is 5.56 Å². The second-order valence-electron chi connectivity index (χ2n) is 5.05. The average molecular weight is 350 g/mol. The molecule has 0 aliphatic heterocycles. The van der Waals surface area contributed by atoms with Crippen molar-refractivity contribution in [3.63, 3.8) is 0 Å². The molecule has 0 fully saturated rings. The van der Waals surface area contributed by atoms with Crippen molar-refractivity contribution in [1.29, 1.82) is 0 Å². The maximum Gasteiger partial charge on any atom is 0.224 e. The summed E-state index contributed by atoms with van der Waals surface area (Å²) >= 11 is 6.05. The lowest BCUT2D eigenvalue weighted by Gasteiger charge is -2.12. The summed E-state index contributed by atoms with van der Waals surface area (Å²) in [5.41, 5.74) is 1.54. The Morgan fingerprint density at radius 2 is 1.79 bits per heavy atom. The van der Waals surface area contributed by atoms with Crippen molar-refractivity contribution in [2.75, 3.05) is 26.6 Å². The number of carbonyl (C=O) groups excluding carboxylic acids is 1. The Kier molecular flexibility index (Phi) is 6.32. The van der Waals surface area contributed by atoms with Crippen molar-refractivity contribution in [2.24, 2.45) is 0 Å². The third-order valence-corrected chi connectivity index (χ3v) is 3.84. The van der Waals surface area contributed by atoms with E-state index in [1.54, 1.807) is 39.5 Å². The van der Waals surface area contributed by atoms with Crippen LogP contribution in [0, 0.1) is 0 Å². The number of nitrogens with one attached hydrogen (secondary N) is 1. The smallest absolute Gasteiger partial charge is 0.224 e. The molecule has 0 aliphatic rings. The fourth-order valence-corrected chi connectivity index (χ4v) is 2.62. The van der Waals surface area contributed by atoms with Gasteiger partial charge in [0.05, 0.1) is 26.4 Å². The SMILES string of the molecule is COc1ccc(NC(=O)CCc2cccc(OC)c2OC)cc1Cl. The lowest BCUT2D eigenvalue weighted by atomic mass is 10.1. The molecule has 0 heterocycles. The van der Waals surface area contributed by atoms with Crippen LogP contribution in [0.5, 0.6) is 17.2 Å². The van der Waals surface area contributed by atoms with E-state index in [1.807, 2.05) is 18.2 Å². The number of ether oxygens (including phenoxy) is 3. The zero-order valence-corrected chi connectivity index (χ0v) is 14.6. The number of hydrogen-bond donors (Lipinski definition) is 1. The van der Waals surface area contributed by atoms with Crippen molar-refractivity contribution in [3.05, 3.63) is 47.0 Å². The van der Waals surface area contributed by atoms with E-state index >= 15 is 0 Å². The molecule has 5 nitrogen and oxygen atoms in total. The van der Waals surface area contributed by atoms with E-state index in [0.29, 0.717) is 40.8 Å². The van der Waals surface area contributed by atoms with Crippen molar-refractivity contribution < 1.29 is 19.0 Å². The molecule has 24 heavy (non-hydrogen) atoms. The van der Waals surface area contributed by atoms with Crippen LogP contribution in [-0.4, -0.2) is 27.2 Å². The Labute approximate surface area is 146 Å². The van der Waals surface area contributed by atoms with Gasteiger partial charge in [-0.25, -0.2) is 0 Å². The van der Waals surface area contributed by atoms with Crippen molar-refractivity contribution in [2.45, 2.75) is 12.8 Å². The van der Waals surface area contributed by atoms with Gasteiger partial charge in [-0.15, -0.1) is 0 Å². The predicted molar refractivity (Wildman–Crippen MR) is 94.5 cm³/mol. The Balaban J connectivity index is 2.00. The van der Waals surface area contributed by atoms with Gasteiger partial charge in [-0.1, -0.05) is 23.7 Å². The van der Waals surface area contributed by atoms with E-state index in [9.17, 15) is 4.79 Å². The van der Waals surface area contributed by atoms with Crippen LogP contribution in [0.3, 0.4) is 0 Å². The first kappa shape index (κ1) is 17.9. The van der Waals surface area contributed by atoms with E-state index in [-0.39, 0.29) is 5.91 Å². The molecule has 0 saturated heterocycles. The molecule has 0 spiro atoms. The Morgan fingerprint density at radius 1 is 1.04 bits per heavy atom. The molecule has 0 aliphatic carbocycles. The number of halogens is 1.